The highest BCUT2D eigenvalue weighted by Gasteiger charge is 2.04. The van der Waals surface area contributed by atoms with E-state index in [2.05, 4.69) is 25.7 Å². The molecule has 1 N–H and O–H groups in total. The van der Waals surface area contributed by atoms with Gasteiger partial charge in [0.15, 0.2) is 0 Å². The topological polar surface area (TPSA) is 12.0 Å². The molecule has 4 heteroatoms. The standard InChI is InChI=1S/C13H17Cl2NS/c1-9(2)16-7-10(3)8-17-13-6-11(14)4-5-12(13)15/h4-6,9,16H,3,7-8H2,1-2H3. The Morgan fingerprint density at radius 3 is 2.76 bits per heavy atom. The molecule has 0 heterocycles. The molecule has 0 saturated heterocycles. The Hall–Kier alpha value is -0.150. The predicted molar refractivity (Wildman–Crippen MR) is 79.5 cm³/mol. The fourth-order valence-corrected chi connectivity index (χ4v) is 2.56. The second-order valence-electron chi connectivity index (χ2n) is 4.15. The lowest BCUT2D eigenvalue weighted by Gasteiger charge is -2.10. The van der Waals surface area contributed by atoms with Crippen molar-refractivity contribution in [2.75, 3.05) is 12.3 Å². The third-order valence-electron chi connectivity index (χ3n) is 2.09. The molecule has 0 spiro atoms. The zero-order valence-corrected chi connectivity index (χ0v) is 12.4. The van der Waals surface area contributed by atoms with Gasteiger partial charge in [0.2, 0.25) is 0 Å². The molecule has 0 aliphatic rings. The molecule has 1 nitrogen and oxygen atoms in total. The first kappa shape index (κ1) is 14.9. The van der Waals surface area contributed by atoms with Gasteiger partial charge in [-0.1, -0.05) is 49.2 Å². The lowest BCUT2D eigenvalue weighted by atomic mass is 10.3. The normalized spacial score (nSPS) is 10.9. The maximum atomic E-state index is 6.08. The average Bonchev–Trinajstić information content (AvgIpc) is 2.27. The average molecular weight is 290 g/mol. The summed E-state index contributed by atoms with van der Waals surface area (Å²) < 4.78 is 0. The van der Waals surface area contributed by atoms with Crippen molar-refractivity contribution in [3.05, 3.63) is 40.4 Å². The minimum Gasteiger partial charge on any atom is -0.311 e. The van der Waals surface area contributed by atoms with E-state index in [1.807, 2.05) is 12.1 Å². The van der Waals surface area contributed by atoms with E-state index < -0.39 is 0 Å². The van der Waals surface area contributed by atoms with E-state index in [0.29, 0.717) is 11.1 Å². The minimum absolute atomic E-state index is 0.478. The van der Waals surface area contributed by atoms with E-state index in [-0.39, 0.29) is 0 Å². The fourth-order valence-electron chi connectivity index (χ4n) is 1.17. The SMILES string of the molecule is C=C(CNC(C)C)CSc1cc(Cl)ccc1Cl. The quantitative estimate of drug-likeness (QED) is 0.605. The third kappa shape index (κ3) is 5.82. The van der Waals surface area contributed by atoms with Crippen LogP contribution in [-0.2, 0) is 0 Å². The van der Waals surface area contributed by atoms with Crippen molar-refractivity contribution >= 4 is 35.0 Å². The van der Waals surface area contributed by atoms with E-state index in [9.17, 15) is 0 Å². The summed E-state index contributed by atoms with van der Waals surface area (Å²) in [5, 5.41) is 4.79. The second-order valence-corrected chi connectivity index (χ2v) is 6.01. The van der Waals surface area contributed by atoms with E-state index in [0.717, 1.165) is 27.8 Å². The number of halogens is 2. The Bertz CT molecular complexity index is 391. The highest BCUT2D eigenvalue weighted by molar-refractivity contribution is 7.99. The fraction of sp³-hybridized carbons (Fsp3) is 0.385. The Balaban J connectivity index is 2.44. The van der Waals surface area contributed by atoms with Gasteiger partial charge in [-0.15, -0.1) is 11.8 Å². The number of hydrogen-bond donors (Lipinski definition) is 1. The monoisotopic (exact) mass is 289 g/mol. The van der Waals surface area contributed by atoms with E-state index >= 15 is 0 Å². The molecule has 0 aliphatic carbocycles. The van der Waals surface area contributed by atoms with Gasteiger partial charge in [0.25, 0.3) is 0 Å². The van der Waals surface area contributed by atoms with Crippen molar-refractivity contribution in [2.45, 2.75) is 24.8 Å². The van der Waals surface area contributed by atoms with Gasteiger partial charge in [-0.05, 0) is 18.2 Å². The summed E-state index contributed by atoms with van der Waals surface area (Å²) in [6.07, 6.45) is 0. The number of thioether (sulfide) groups is 1. The molecule has 0 aromatic heterocycles. The number of rotatable bonds is 6. The molecule has 0 radical (unpaired) electrons. The number of hydrogen-bond acceptors (Lipinski definition) is 2. The van der Waals surface area contributed by atoms with Crippen LogP contribution in [0.4, 0.5) is 0 Å². The Morgan fingerprint density at radius 2 is 2.12 bits per heavy atom. The van der Waals surface area contributed by atoms with Crippen LogP contribution in [0.5, 0.6) is 0 Å². The van der Waals surface area contributed by atoms with E-state index in [1.165, 1.54) is 0 Å². The predicted octanol–water partition coefficient (Wildman–Crippen LogP) is 4.64. The first-order chi connectivity index (χ1) is 7.99. The molecule has 1 aromatic carbocycles. The van der Waals surface area contributed by atoms with Gasteiger partial charge < -0.3 is 5.32 Å². The molecule has 17 heavy (non-hydrogen) atoms. The summed E-state index contributed by atoms with van der Waals surface area (Å²) in [4.78, 5) is 1.00. The van der Waals surface area contributed by atoms with Gasteiger partial charge in [0, 0.05) is 28.3 Å². The highest BCUT2D eigenvalue weighted by Crippen LogP contribution is 2.30. The molecule has 94 valence electrons. The van der Waals surface area contributed by atoms with Crippen molar-refractivity contribution in [1.82, 2.24) is 5.32 Å². The first-order valence-electron chi connectivity index (χ1n) is 5.47. The summed E-state index contributed by atoms with van der Waals surface area (Å²) in [6, 6.07) is 5.98. The molecule has 0 atom stereocenters. The largest absolute Gasteiger partial charge is 0.311 e. The maximum absolute atomic E-state index is 6.08. The Labute approximate surface area is 118 Å². The highest BCUT2D eigenvalue weighted by atomic mass is 35.5. The Morgan fingerprint density at radius 1 is 1.41 bits per heavy atom. The van der Waals surface area contributed by atoms with E-state index in [1.54, 1.807) is 17.8 Å². The molecular formula is C13H17Cl2NS. The molecule has 0 amide bonds. The lowest BCUT2D eigenvalue weighted by molar-refractivity contribution is 0.623. The summed E-state index contributed by atoms with van der Waals surface area (Å²) in [6.45, 7) is 9.11. The van der Waals surface area contributed by atoms with Gasteiger partial charge >= 0.3 is 0 Å². The van der Waals surface area contributed by atoms with Crippen LogP contribution in [0.3, 0.4) is 0 Å². The van der Waals surface area contributed by atoms with E-state index in [4.69, 9.17) is 23.2 Å². The third-order valence-corrected chi connectivity index (χ3v) is 3.96. The van der Waals surface area contributed by atoms with Gasteiger partial charge in [-0.2, -0.15) is 0 Å². The van der Waals surface area contributed by atoms with Crippen molar-refractivity contribution in [3.8, 4) is 0 Å². The molecule has 1 aromatic rings. The zero-order chi connectivity index (χ0) is 12.8. The van der Waals surface area contributed by atoms with Gasteiger partial charge in [-0.25, -0.2) is 0 Å². The molecule has 0 unspecified atom stereocenters. The second kappa shape index (κ2) is 7.32. The van der Waals surface area contributed by atoms with Crippen LogP contribution in [0.1, 0.15) is 13.8 Å². The molecule has 0 fully saturated rings. The van der Waals surface area contributed by atoms with Crippen molar-refractivity contribution in [1.29, 1.82) is 0 Å². The summed E-state index contributed by atoms with van der Waals surface area (Å²) in [5.41, 5.74) is 1.15. The van der Waals surface area contributed by atoms with Gasteiger partial charge in [0.05, 0.1) is 5.02 Å². The van der Waals surface area contributed by atoms with Gasteiger partial charge in [0.1, 0.15) is 0 Å². The van der Waals surface area contributed by atoms with Crippen molar-refractivity contribution < 1.29 is 0 Å². The van der Waals surface area contributed by atoms with Gasteiger partial charge in [-0.3, -0.25) is 0 Å². The summed E-state index contributed by atoms with van der Waals surface area (Å²) in [5.74, 6) is 0.847. The molecule has 1 rings (SSSR count). The number of nitrogens with one attached hydrogen (secondary N) is 1. The van der Waals surface area contributed by atoms with Crippen LogP contribution in [0.25, 0.3) is 0 Å². The summed E-state index contributed by atoms with van der Waals surface area (Å²) in [7, 11) is 0. The molecule has 0 saturated carbocycles. The summed E-state index contributed by atoms with van der Waals surface area (Å²) >= 11 is 13.7. The molecular weight excluding hydrogens is 273 g/mol. The van der Waals surface area contributed by atoms with Crippen LogP contribution in [0.2, 0.25) is 10.0 Å². The first-order valence-corrected chi connectivity index (χ1v) is 7.21. The Kier molecular flexibility index (Phi) is 6.42. The number of benzene rings is 1. The smallest absolute Gasteiger partial charge is 0.0543 e. The molecule has 0 bridgehead atoms. The van der Waals surface area contributed by atoms with Crippen LogP contribution < -0.4 is 5.32 Å². The van der Waals surface area contributed by atoms with Crippen LogP contribution in [-0.4, -0.2) is 18.3 Å². The molecule has 0 aliphatic heterocycles. The maximum Gasteiger partial charge on any atom is 0.0543 e. The van der Waals surface area contributed by atoms with Crippen molar-refractivity contribution in [2.24, 2.45) is 0 Å². The lowest BCUT2D eigenvalue weighted by Crippen LogP contribution is -2.25. The van der Waals surface area contributed by atoms with Crippen LogP contribution >= 0.6 is 35.0 Å². The van der Waals surface area contributed by atoms with Crippen LogP contribution in [0.15, 0.2) is 35.2 Å². The van der Waals surface area contributed by atoms with Crippen LogP contribution in [0, 0.1) is 0 Å². The van der Waals surface area contributed by atoms with Crippen molar-refractivity contribution in [3.63, 3.8) is 0 Å². The zero-order valence-electron chi connectivity index (χ0n) is 10.1. The minimum atomic E-state index is 0.478.